The van der Waals surface area contributed by atoms with Crippen molar-refractivity contribution in [2.75, 3.05) is 5.32 Å². The summed E-state index contributed by atoms with van der Waals surface area (Å²) < 4.78 is 12.9. The van der Waals surface area contributed by atoms with Gasteiger partial charge in [-0.25, -0.2) is 9.18 Å². The number of carbonyl (C=O) groups is 1. The molecule has 0 aliphatic carbocycles. The van der Waals surface area contributed by atoms with Crippen LogP contribution < -0.4 is 10.6 Å². The Labute approximate surface area is 105 Å². The number of amides is 2. The zero-order valence-electron chi connectivity index (χ0n) is 9.69. The van der Waals surface area contributed by atoms with Gasteiger partial charge in [0.25, 0.3) is 0 Å². The largest absolute Gasteiger partial charge is 0.334 e. The van der Waals surface area contributed by atoms with Crippen LogP contribution >= 0.6 is 0 Å². The molecule has 0 spiro atoms. The lowest BCUT2D eigenvalue weighted by Crippen LogP contribution is -2.28. The lowest BCUT2D eigenvalue weighted by atomic mass is 10.2. The van der Waals surface area contributed by atoms with Crippen molar-refractivity contribution in [1.29, 1.82) is 0 Å². The van der Waals surface area contributed by atoms with Gasteiger partial charge < -0.3 is 10.6 Å². The smallest absolute Gasteiger partial charge is 0.319 e. The second kappa shape index (κ2) is 5.82. The molecule has 0 unspecified atom stereocenters. The Morgan fingerprint density at radius 3 is 2.56 bits per heavy atom. The van der Waals surface area contributed by atoms with Gasteiger partial charge in [-0.3, -0.25) is 0 Å². The zero-order chi connectivity index (χ0) is 12.8. The number of benzene rings is 2. The van der Waals surface area contributed by atoms with Gasteiger partial charge in [0.05, 0.1) is 0 Å². The molecule has 0 saturated heterocycles. The van der Waals surface area contributed by atoms with Gasteiger partial charge >= 0.3 is 6.03 Å². The number of nitrogens with one attached hydrogen (secondary N) is 2. The van der Waals surface area contributed by atoms with E-state index in [1.54, 1.807) is 12.1 Å². The summed E-state index contributed by atoms with van der Waals surface area (Å²) in [6.07, 6.45) is 0. The number of hydrogen-bond acceptors (Lipinski definition) is 1. The topological polar surface area (TPSA) is 41.1 Å². The summed E-state index contributed by atoms with van der Waals surface area (Å²) >= 11 is 0. The van der Waals surface area contributed by atoms with Crippen LogP contribution in [-0.4, -0.2) is 6.03 Å². The molecule has 3 nitrogen and oxygen atoms in total. The minimum Gasteiger partial charge on any atom is -0.334 e. The van der Waals surface area contributed by atoms with Crippen molar-refractivity contribution in [2.45, 2.75) is 6.54 Å². The quantitative estimate of drug-likeness (QED) is 0.855. The van der Waals surface area contributed by atoms with Gasteiger partial charge in [0.1, 0.15) is 5.82 Å². The van der Waals surface area contributed by atoms with Crippen molar-refractivity contribution in [3.63, 3.8) is 0 Å². The highest BCUT2D eigenvalue weighted by molar-refractivity contribution is 5.89. The summed E-state index contributed by atoms with van der Waals surface area (Å²) in [6, 6.07) is 15.0. The molecular formula is C14H13FN2O. The summed E-state index contributed by atoms with van der Waals surface area (Å²) in [7, 11) is 0. The fourth-order valence-electron chi connectivity index (χ4n) is 1.52. The fourth-order valence-corrected chi connectivity index (χ4v) is 1.52. The van der Waals surface area contributed by atoms with E-state index in [9.17, 15) is 9.18 Å². The molecule has 2 rings (SSSR count). The number of carbonyl (C=O) groups excluding carboxylic acids is 1. The molecule has 2 amide bonds. The Hall–Kier alpha value is -2.36. The van der Waals surface area contributed by atoms with Crippen LogP contribution in [-0.2, 0) is 6.54 Å². The van der Waals surface area contributed by atoms with Crippen molar-refractivity contribution in [3.05, 3.63) is 66.0 Å². The third-order valence-corrected chi connectivity index (χ3v) is 2.38. The van der Waals surface area contributed by atoms with Crippen LogP contribution in [0.25, 0.3) is 0 Å². The Morgan fingerprint density at radius 1 is 1.06 bits per heavy atom. The van der Waals surface area contributed by atoms with Crippen LogP contribution in [0.1, 0.15) is 5.56 Å². The summed E-state index contributed by atoms with van der Waals surface area (Å²) in [5.74, 6) is -0.379. The van der Waals surface area contributed by atoms with Crippen LogP contribution in [0.3, 0.4) is 0 Å². The zero-order valence-corrected chi connectivity index (χ0v) is 9.69. The van der Waals surface area contributed by atoms with E-state index in [-0.39, 0.29) is 11.8 Å². The van der Waals surface area contributed by atoms with Crippen molar-refractivity contribution in [1.82, 2.24) is 5.32 Å². The first-order chi connectivity index (χ1) is 8.74. The molecule has 0 atom stereocenters. The van der Waals surface area contributed by atoms with Crippen molar-refractivity contribution in [3.8, 4) is 0 Å². The summed E-state index contributed by atoms with van der Waals surface area (Å²) in [4.78, 5) is 11.6. The predicted octanol–water partition coefficient (Wildman–Crippen LogP) is 3.15. The third kappa shape index (κ3) is 3.59. The fraction of sp³-hybridized carbons (Fsp3) is 0.0714. The normalized spacial score (nSPS) is 9.83. The second-order valence-corrected chi connectivity index (χ2v) is 3.80. The second-order valence-electron chi connectivity index (χ2n) is 3.80. The average molecular weight is 244 g/mol. The molecule has 0 saturated carbocycles. The number of rotatable bonds is 3. The highest BCUT2D eigenvalue weighted by Crippen LogP contribution is 2.08. The first-order valence-electron chi connectivity index (χ1n) is 5.58. The minimum absolute atomic E-state index is 0.357. The first kappa shape index (κ1) is 12.1. The van der Waals surface area contributed by atoms with E-state index in [0.717, 1.165) is 5.56 Å². The van der Waals surface area contributed by atoms with Crippen LogP contribution in [0.5, 0.6) is 0 Å². The molecule has 2 aromatic rings. The van der Waals surface area contributed by atoms with E-state index in [1.807, 2.05) is 30.3 Å². The Balaban J connectivity index is 1.86. The Kier molecular flexibility index (Phi) is 3.91. The molecule has 0 aliphatic heterocycles. The van der Waals surface area contributed by atoms with E-state index < -0.39 is 0 Å². The van der Waals surface area contributed by atoms with E-state index in [1.165, 1.54) is 12.1 Å². The molecule has 0 fully saturated rings. The molecular weight excluding hydrogens is 231 g/mol. The van der Waals surface area contributed by atoms with E-state index in [2.05, 4.69) is 10.6 Å². The predicted molar refractivity (Wildman–Crippen MR) is 68.7 cm³/mol. The number of anilines is 1. The standard InChI is InChI=1S/C14H13FN2O/c15-12-7-4-8-13(9-12)17-14(18)16-10-11-5-2-1-3-6-11/h1-9H,10H2,(H2,16,17,18). The van der Waals surface area contributed by atoms with Gasteiger partial charge in [-0.15, -0.1) is 0 Å². The van der Waals surface area contributed by atoms with Crippen LogP contribution in [0.4, 0.5) is 14.9 Å². The van der Waals surface area contributed by atoms with E-state index in [0.29, 0.717) is 12.2 Å². The molecule has 0 heterocycles. The molecule has 0 aliphatic rings. The van der Waals surface area contributed by atoms with Gasteiger partial charge in [-0.1, -0.05) is 36.4 Å². The summed E-state index contributed by atoms with van der Waals surface area (Å²) in [6.45, 7) is 0.433. The summed E-state index contributed by atoms with van der Waals surface area (Å²) in [5.41, 5.74) is 1.44. The number of halogens is 1. The Bertz CT molecular complexity index is 528. The van der Waals surface area contributed by atoms with E-state index in [4.69, 9.17) is 0 Å². The molecule has 2 N–H and O–H groups in total. The van der Waals surface area contributed by atoms with Crippen LogP contribution in [0.15, 0.2) is 54.6 Å². The average Bonchev–Trinajstić information content (AvgIpc) is 2.38. The number of hydrogen-bond donors (Lipinski definition) is 2. The van der Waals surface area contributed by atoms with Gasteiger partial charge in [0, 0.05) is 12.2 Å². The summed E-state index contributed by atoms with van der Waals surface area (Å²) in [5, 5.41) is 5.26. The van der Waals surface area contributed by atoms with Gasteiger partial charge in [0.15, 0.2) is 0 Å². The van der Waals surface area contributed by atoms with Gasteiger partial charge in [-0.05, 0) is 23.8 Å². The maximum atomic E-state index is 12.9. The number of urea groups is 1. The minimum atomic E-state index is -0.379. The lowest BCUT2D eigenvalue weighted by Gasteiger charge is -2.07. The molecule has 2 aromatic carbocycles. The van der Waals surface area contributed by atoms with Crippen molar-refractivity contribution in [2.24, 2.45) is 0 Å². The maximum absolute atomic E-state index is 12.9. The molecule has 0 bridgehead atoms. The monoisotopic (exact) mass is 244 g/mol. The SMILES string of the molecule is O=C(NCc1ccccc1)Nc1cccc(F)c1. The van der Waals surface area contributed by atoms with Crippen molar-refractivity contribution >= 4 is 11.7 Å². The van der Waals surface area contributed by atoms with Crippen LogP contribution in [0, 0.1) is 5.82 Å². The molecule has 18 heavy (non-hydrogen) atoms. The first-order valence-corrected chi connectivity index (χ1v) is 5.58. The lowest BCUT2D eigenvalue weighted by molar-refractivity contribution is 0.251. The van der Waals surface area contributed by atoms with E-state index >= 15 is 0 Å². The van der Waals surface area contributed by atoms with Gasteiger partial charge in [0.2, 0.25) is 0 Å². The highest BCUT2D eigenvalue weighted by atomic mass is 19.1. The maximum Gasteiger partial charge on any atom is 0.319 e. The third-order valence-electron chi connectivity index (χ3n) is 2.38. The van der Waals surface area contributed by atoms with Crippen molar-refractivity contribution < 1.29 is 9.18 Å². The molecule has 4 heteroatoms. The van der Waals surface area contributed by atoms with Crippen LogP contribution in [0.2, 0.25) is 0 Å². The molecule has 92 valence electrons. The van der Waals surface area contributed by atoms with Gasteiger partial charge in [-0.2, -0.15) is 0 Å². The highest BCUT2D eigenvalue weighted by Gasteiger charge is 2.01. The molecule has 0 aromatic heterocycles. The molecule has 0 radical (unpaired) electrons. The Morgan fingerprint density at radius 2 is 1.83 bits per heavy atom.